The first-order chi connectivity index (χ1) is 11.5. The van der Waals surface area contributed by atoms with Gasteiger partial charge in [0.25, 0.3) is 5.91 Å². The molecule has 5 nitrogen and oxygen atoms in total. The summed E-state index contributed by atoms with van der Waals surface area (Å²) in [5, 5.41) is 4.56. The average Bonchev–Trinajstić information content (AvgIpc) is 2.87. The van der Waals surface area contributed by atoms with Gasteiger partial charge in [0.2, 0.25) is 0 Å². The summed E-state index contributed by atoms with van der Waals surface area (Å²) in [5.41, 5.74) is 5.44. The van der Waals surface area contributed by atoms with Gasteiger partial charge < -0.3 is 15.2 Å². The molecule has 124 valence electrons. The predicted octanol–water partition coefficient (Wildman–Crippen LogP) is 3.49. The molecule has 0 aliphatic carbocycles. The molecule has 2 aromatic heterocycles. The highest BCUT2D eigenvalue weighted by Gasteiger charge is 2.08. The third kappa shape index (κ3) is 3.11. The fourth-order valence-electron chi connectivity index (χ4n) is 2.69. The Morgan fingerprint density at radius 3 is 2.67 bits per heavy atom. The Hall–Kier alpha value is -2.82. The van der Waals surface area contributed by atoms with E-state index in [-0.39, 0.29) is 5.91 Å². The summed E-state index contributed by atoms with van der Waals surface area (Å²) in [4.78, 5) is 21.1. The first kappa shape index (κ1) is 16.1. The van der Waals surface area contributed by atoms with Gasteiger partial charge in [-0.3, -0.25) is 4.79 Å². The lowest BCUT2D eigenvalue weighted by Crippen LogP contribution is -2.21. The number of H-pyrrole nitrogens is 1. The molecule has 5 heteroatoms. The fraction of sp³-hybridized carbons (Fsp3) is 0.263. The van der Waals surface area contributed by atoms with E-state index in [1.807, 2.05) is 6.07 Å². The van der Waals surface area contributed by atoms with Gasteiger partial charge in [-0.2, -0.15) is 0 Å². The standard InChI is InChI=1S/C19H22N4O/c1-12-13(2)22-17-7-5-14(9-16(12)17)10-20-18-8-6-15(11-21-18)19(24)23(3)4/h5-9,11,22H,10H2,1-4H3,(H,20,21). The molecule has 2 N–H and O–H groups in total. The van der Waals surface area contributed by atoms with Crippen LogP contribution in [0.15, 0.2) is 36.5 Å². The van der Waals surface area contributed by atoms with Gasteiger partial charge in [0, 0.05) is 43.4 Å². The van der Waals surface area contributed by atoms with E-state index in [1.54, 1.807) is 31.3 Å². The molecule has 2 heterocycles. The van der Waals surface area contributed by atoms with Crippen LogP contribution in [0, 0.1) is 13.8 Å². The van der Waals surface area contributed by atoms with Crippen LogP contribution in [0.25, 0.3) is 10.9 Å². The molecule has 0 atom stereocenters. The van der Waals surface area contributed by atoms with Gasteiger partial charge in [-0.25, -0.2) is 4.98 Å². The highest BCUT2D eigenvalue weighted by atomic mass is 16.2. The minimum absolute atomic E-state index is 0.0437. The van der Waals surface area contributed by atoms with E-state index < -0.39 is 0 Å². The topological polar surface area (TPSA) is 61.0 Å². The molecule has 3 aromatic rings. The van der Waals surface area contributed by atoms with Crippen molar-refractivity contribution in [1.29, 1.82) is 0 Å². The first-order valence-corrected chi connectivity index (χ1v) is 7.95. The summed E-state index contributed by atoms with van der Waals surface area (Å²) in [7, 11) is 3.46. The molecule has 3 rings (SSSR count). The number of benzene rings is 1. The molecule has 0 saturated heterocycles. The SMILES string of the molecule is Cc1[nH]c2ccc(CNc3ccc(C(=O)N(C)C)cn3)cc2c1C. The summed E-state index contributed by atoms with van der Waals surface area (Å²) in [6.07, 6.45) is 1.60. The number of aromatic nitrogens is 2. The van der Waals surface area contributed by atoms with E-state index in [0.717, 1.165) is 5.82 Å². The van der Waals surface area contributed by atoms with Crippen LogP contribution in [0.1, 0.15) is 27.2 Å². The number of hydrogen-bond donors (Lipinski definition) is 2. The molecule has 1 aromatic carbocycles. The van der Waals surface area contributed by atoms with Gasteiger partial charge in [0.1, 0.15) is 5.82 Å². The quantitative estimate of drug-likeness (QED) is 0.773. The Bertz CT molecular complexity index is 878. The van der Waals surface area contributed by atoms with Gasteiger partial charge in [-0.05, 0) is 49.2 Å². The third-order valence-corrected chi connectivity index (χ3v) is 4.26. The lowest BCUT2D eigenvalue weighted by Gasteiger charge is -2.11. The molecular formula is C19H22N4O. The van der Waals surface area contributed by atoms with E-state index in [4.69, 9.17) is 0 Å². The van der Waals surface area contributed by atoms with Crippen LogP contribution in [0.3, 0.4) is 0 Å². The summed E-state index contributed by atoms with van der Waals surface area (Å²) >= 11 is 0. The first-order valence-electron chi connectivity index (χ1n) is 7.95. The number of pyridine rings is 1. The number of amides is 1. The summed E-state index contributed by atoms with van der Waals surface area (Å²) in [6, 6.07) is 10.0. The zero-order chi connectivity index (χ0) is 17.3. The number of hydrogen-bond acceptors (Lipinski definition) is 3. The van der Waals surface area contributed by atoms with Crippen LogP contribution >= 0.6 is 0 Å². The van der Waals surface area contributed by atoms with Gasteiger partial charge in [0.15, 0.2) is 0 Å². The van der Waals surface area contributed by atoms with Crippen LogP contribution < -0.4 is 5.32 Å². The maximum atomic E-state index is 11.9. The summed E-state index contributed by atoms with van der Waals surface area (Å²) in [6.45, 7) is 4.91. The van der Waals surface area contributed by atoms with Crippen LogP contribution in [-0.2, 0) is 6.54 Å². The highest BCUT2D eigenvalue weighted by Crippen LogP contribution is 2.22. The maximum absolute atomic E-state index is 11.9. The molecule has 0 aliphatic heterocycles. The number of anilines is 1. The second kappa shape index (κ2) is 6.35. The lowest BCUT2D eigenvalue weighted by molar-refractivity contribution is 0.0827. The Morgan fingerprint density at radius 1 is 1.21 bits per heavy atom. The third-order valence-electron chi connectivity index (χ3n) is 4.26. The molecule has 1 amide bonds. The number of nitrogens with zero attached hydrogens (tertiary/aromatic N) is 2. The van der Waals surface area contributed by atoms with Crippen LogP contribution in [0.2, 0.25) is 0 Å². The van der Waals surface area contributed by atoms with Crippen LogP contribution in [0.4, 0.5) is 5.82 Å². The van der Waals surface area contributed by atoms with Crippen molar-refractivity contribution in [2.45, 2.75) is 20.4 Å². The largest absolute Gasteiger partial charge is 0.366 e. The molecule has 0 saturated carbocycles. The zero-order valence-corrected chi connectivity index (χ0v) is 14.5. The number of aryl methyl sites for hydroxylation is 2. The smallest absolute Gasteiger partial charge is 0.254 e. The molecule has 0 aliphatic rings. The molecule has 0 fully saturated rings. The molecule has 0 radical (unpaired) electrons. The lowest BCUT2D eigenvalue weighted by atomic mass is 10.1. The van der Waals surface area contributed by atoms with Crippen molar-refractivity contribution in [3.63, 3.8) is 0 Å². The number of rotatable bonds is 4. The van der Waals surface area contributed by atoms with Crippen molar-refractivity contribution < 1.29 is 4.79 Å². The molecular weight excluding hydrogens is 300 g/mol. The normalized spacial score (nSPS) is 10.8. The number of fused-ring (bicyclic) bond motifs is 1. The molecule has 24 heavy (non-hydrogen) atoms. The highest BCUT2D eigenvalue weighted by molar-refractivity contribution is 5.93. The average molecular weight is 322 g/mol. The van der Waals surface area contributed by atoms with Crippen molar-refractivity contribution in [2.24, 2.45) is 0 Å². The Kier molecular flexibility index (Phi) is 4.25. The van der Waals surface area contributed by atoms with Gasteiger partial charge >= 0.3 is 0 Å². The van der Waals surface area contributed by atoms with Crippen LogP contribution in [0.5, 0.6) is 0 Å². The number of carbonyl (C=O) groups is 1. The minimum Gasteiger partial charge on any atom is -0.366 e. The molecule has 0 spiro atoms. The van der Waals surface area contributed by atoms with E-state index in [1.165, 1.54) is 27.7 Å². The van der Waals surface area contributed by atoms with E-state index in [9.17, 15) is 4.79 Å². The van der Waals surface area contributed by atoms with Gasteiger partial charge in [-0.15, -0.1) is 0 Å². The zero-order valence-electron chi connectivity index (χ0n) is 14.5. The molecule has 0 unspecified atom stereocenters. The number of nitrogens with one attached hydrogen (secondary N) is 2. The van der Waals surface area contributed by atoms with Crippen molar-refractivity contribution in [3.05, 3.63) is 58.9 Å². The van der Waals surface area contributed by atoms with E-state index in [2.05, 4.69) is 47.3 Å². The Labute approximate surface area is 141 Å². The van der Waals surface area contributed by atoms with Gasteiger partial charge in [-0.1, -0.05) is 6.07 Å². The van der Waals surface area contributed by atoms with E-state index in [0.29, 0.717) is 12.1 Å². The number of carbonyl (C=O) groups excluding carboxylic acids is 1. The minimum atomic E-state index is -0.0437. The second-order valence-corrected chi connectivity index (χ2v) is 6.24. The van der Waals surface area contributed by atoms with Crippen molar-refractivity contribution in [1.82, 2.24) is 14.9 Å². The molecule has 0 bridgehead atoms. The van der Waals surface area contributed by atoms with Crippen molar-refractivity contribution >= 4 is 22.6 Å². The summed E-state index contributed by atoms with van der Waals surface area (Å²) < 4.78 is 0. The predicted molar refractivity (Wildman–Crippen MR) is 97.4 cm³/mol. The Morgan fingerprint density at radius 2 is 2.00 bits per heavy atom. The van der Waals surface area contributed by atoms with E-state index >= 15 is 0 Å². The van der Waals surface area contributed by atoms with Crippen LogP contribution in [-0.4, -0.2) is 34.9 Å². The maximum Gasteiger partial charge on any atom is 0.254 e. The second-order valence-electron chi connectivity index (χ2n) is 6.24. The van der Waals surface area contributed by atoms with Crippen molar-refractivity contribution in [2.75, 3.05) is 19.4 Å². The fourth-order valence-corrected chi connectivity index (χ4v) is 2.69. The monoisotopic (exact) mass is 322 g/mol. The van der Waals surface area contributed by atoms with Gasteiger partial charge in [0.05, 0.1) is 5.56 Å². The Balaban J connectivity index is 1.71. The summed E-state index contributed by atoms with van der Waals surface area (Å²) in [5.74, 6) is 0.713. The number of aromatic amines is 1. The van der Waals surface area contributed by atoms with Crippen molar-refractivity contribution in [3.8, 4) is 0 Å².